The van der Waals surface area contributed by atoms with Crippen molar-refractivity contribution < 1.29 is 4.74 Å². The fourth-order valence-corrected chi connectivity index (χ4v) is 4.21. The Hall–Kier alpha value is -1.34. The van der Waals surface area contributed by atoms with Gasteiger partial charge in [-0.15, -0.1) is 11.8 Å². The zero-order chi connectivity index (χ0) is 18.9. The lowest BCUT2D eigenvalue weighted by atomic mass is 9.92. The molecule has 0 bridgehead atoms. The fraction of sp³-hybridized carbons (Fsp3) is 0.737. The first-order valence-corrected chi connectivity index (χ1v) is 10.3. The quantitative estimate of drug-likeness (QED) is 0.856. The smallest absolute Gasteiger partial charge is 0.199 e. The van der Waals surface area contributed by atoms with E-state index in [1.807, 2.05) is 23.5 Å². The van der Waals surface area contributed by atoms with Gasteiger partial charge in [0, 0.05) is 25.7 Å². The van der Waals surface area contributed by atoms with Crippen molar-refractivity contribution in [3.05, 3.63) is 17.6 Å². The molecule has 1 aliphatic rings. The third-order valence-electron chi connectivity index (χ3n) is 4.95. The molecule has 0 aliphatic carbocycles. The summed E-state index contributed by atoms with van der Waals surface area (Å²) in [4.78, 5) is 4.80. The Labute approximate surface area is 160 Å². The van der Waals surface area contributed by atoms with Crippen molar-refractivity contribution in [2.75, 3.05) is 19.0 Å². The Morgan fingerprint density at radius 1 is 1.23 bits per heavy atom. The van der Waals surface area contributed by atoms with Crippen molar-refractivity contribution in [3.8, 4) is 11.5 Å². The number of rotatable bonds is 5. The van der Waals surface area contributed by atoms with Crippen LogP contribution in [0, 0.1) is 5.92 Å². The summed E-state index contributed by atoms with van der Waals surface area (Å²) in [5.41, 5.74) is 2.01. The fourth-order valence-electron chi connectivity index (χ4n) is 3.00. The number of aryl methyl sites for hydroxylation is 1. The van der Waals surface area contributed by atoms with E-state index in [4.69, 9.17) is 9.72 Å². The summed E-state index contributed by atoms with van der Waals surface area (Å²) in [6.45, 7) is 12.7. The molecule has 0 unspecified atom stereocenters. The molecule has 1 fully saturated rings. The maximum absolute atomic E-state index is 5.46. The Bertz CT molecular complexity index is 737. The molecule has 3 rings (SSSR count). The lowest BCUT2D eigenvalue weighted by Crippen LogP contribution is -2.21. The molecule has 26 heavy (non-hydrogen) atoms. The van der Waals surface area contributed by atoms with Crippen molar-refractivity contribution in [2.24, 2.45) is 13.0 Å². The second-order valence-electron chi connectivity index (χ2n) is 8.67. The van der Waals surface area contributed by atoms with Gasteiger partial charge in [0.1, 0.15) is 11.5 Å². The molecule has 0 amide bonds. The van der Waals surface area contributed by atoms with Crippen molar-refractivity contribution in [1.29, 1.82) is 0 Å². The van der Waals surface area contributed by atoms with Gasteiger partial charge in [0.25, 0.3) is 0 Å². The van der Waals surface area contributed by atoms with Gasteiger partial charge in [-0.1, -0.05) is 20.8 Å². The number of aromatic nitrogens is 5. The minimum Gasteiger partial charge on any atom is -0.381 e. The molecule has 144 valence electrons. The molecule has 0 radical (unpaired) electrons. The van der Waals surface area contributed by atoms with Crippen molar-refractivity contribution in [3.63, 3.8) is 0 Å². The average Bonchev–Trinajstić information content (AvgIpc) is 3.20. The van der Waals surface area contributed by atoms with E-state index in [-0.39, 0.29) is 10.2 Å². The zero-order valence-corrected chi connectivity index (χ0v) is 17.6. The number of ether oxygens (including phenoxy) is 1. The minimum absolute atomic E-state index is 0.00792. The summed E-state index contributed by atoms with van der Waals surface area (Å²) in [7, 11) is 1.95. The molecule has 2 aromatic heterocycles. The van der Waals surface area contributed by atoms with E-state index in [0.717, 1.165) is 54.9 Å². The summed E-state index contributed by atoms with van der Waals surface area (Å²) in [5.74, 6) is 3.50. The molecule has 0 saturated carbocycles. The SMILES string of the molecule is Cn1nc(C(C)(C)C)cc1-c1n[nH]c(C(C)(C)SCC2CCOCC2)n1. The molecule has 3 heterocycles. The van der Waals surface area contributed by atoms with Crippen molar-refractivity contribution >= 4 is 11.8 Å². The Kier molecular flexibility index (Phi) is 5.49. The Balaban J connectivity index is 1.73. The number of aromatic amines is 1. The van der Waals surface area contributed by atoms with Crippen LogP contribution in [0.3, 0.4) is 0 Å². The lowest BCUT2D eigenvalue weighted by Gasteiger charge is -2.26. The minimum atomic E-state index is -0.102. The number of hydrogen-bond acceptors (Lipinski definition) is 5. The standard InChI is InChI=1S/C19H31N5OS/c1-18(2,3)15-11-14(24(6)23-15)16-20-17(22-21-16)19(4,5)26-12-13-7-9-25-10-8-13/h11,13H,7-10,12H2,1-6H3,(H,20,21,22). The summed E-state index contributed by atoms with van der Waals surface area (Å²) in [6.07, 6.45) is 2.32. The third kappa shape index (κ3) is 4.31. The summed E-state index contributed by atoms with van der Waals surface area (Å²) >= 11 is 1.95. The molecular weight excluding hydrogens is 346 g/mol. The van der Waals surface area contributed by atoms with Gasteiger partial charge in [-0.3, -0.25) is 9.78 Å². The average molecular weight is 378 g/mol. The van der Waals surface area contributed by atoms with E-state index in [1.165, 1.54) is 0 Å². The van der Waals surface area contributed by atoms with Gasteiger partial charge < -0.3 is 4.74 Å². The highest BCUT2D eigenvalue weighted by Crippen LogP contribution is 2.37. The summed E-state index contributed by atoms with van der Waals surface area (Å²) in [6, 6.07) is 2.09. The van der Waals surface area contributed by atoms with Gasteiger partial charge in [0.2, 0.25) is 0 Å². The lowest BCUT2D eigenvalue weighted by molar-refractivity contribution is 0.0727. The van der Waals surface area contributed by atoms with Crippen LogP contribution in [-0.2, 0) is 21.9 Å². The predicted molar refractivity (Wildman–Crippen MR) is 106 cm³/mol. The third-order valence-corrected chi connectivity index (χ3v) is 6.51. The van der Waals surface area contributed by atoms with Crippen LogP contribution < -0.4 is 0 Å². The molecule has 1 saturated heterocycles. The van der Waals surface area contributed by atoms with Gasteiger partial charge in [0.05, 0.1) is 10.4 Å². The number of thioether (sulfide) groups is 1. The van der Waals surface area contributed by atoms with Crippen LogP contribution >= 0.6 is 11.8 Å². The highest BCUT2D eigenvalue weighted by Gasteiger charge is 2.29. The van der Waals surface area contributed by atoms with Crippen LogP contribution in [0.25, 0.3) is 11.5 Å². The predicted octanol–water partition coefficient (Wildman–Crippen LogP) is 3.90. The van der Waals surface area contributed by atoms with E-state index < -0.39 is 0 Å². The summed E-state index contributed by atoms with van der Waals surface area (Å²) < 4.78 is 7.23. The van der Waals surface area contributed by atoms with E-state index >= 15 is 0 Å². The van der Waals surface area contributed by atoms with Crippen LogP contribution in [0.1, 0.15) is 59.0 Å². The Morgan fingerprint density at radius 2 is 1.92 bits per heavy atom. The molecule has 0 spiro atoms. The number of nitrogens with one attached hydrogen (secondary N) is 1. The second kappa shape index (κ2) is 7.35. The first-order valence-electron chi connectivity index (χ1n) is 9.36. The molecule has 6 nitrogen and oxygen atoms in total. The van der Waals surface area contributed by atoms with E-state index in [0.29, 0.717) is 5.82 Å². The molecule has 0 atom stereocenters. The first-order chi connectivity index (χ1) is 12.2. The highest BCUT2D eigenvalue weighted by molar-refractivity contribution is 8.00. The van der Waals surface area contributed by atoms with Gasteiger partial charge >= 0.3 is 0 Å². The number of hydrogen-bond donors (Lipinski definition) is 1. The molecule has 0 aromatic carbocycles. The van der Waals surface area contributed by atoms with Gasteiger partial charge in [-0.25, -0.2) is 4.98 Å². The van der Waals surface area contributed by atoms with Crippen molar-refractivity contribution in [1.82, 2.24) is 25.0 Å². The van der Waals surface area contributed by atoms with Crippen LogP contribution in [0.15, 0.2) is 6.07 Å². The van der Waals surface area contributed by atoms with Gasteiger partial charge in [0.15, 0.2) is 5.82 Å². The monoisotopic (exact) mass is 377 g/mol. The van der Waals surface area contributed by atoms with Gasteiger partial charge in [-0.2, -0.15) is 10.2 Å². The molecule has 7 heteroatoms. The topological polar surface area (TPSA) is 68.6 Å². The van der Waals surface area contributed by atoms with Crippen LogP contribution in [-0.4, -0.2) is 43.9 Å². The number of nitrogens with zero attached hydrogens (tertiary/aromatic N) is 4. The first kappa shape index (κ1) is 19.4. The highest BCUT2D eigenvalue weighted by atomic mass is 32.2. The van der Waals surface area contributed by atoms with Gasteiger partial charge in [-0.05, 0) is 44.4 Å². The molecular formula is C19H31N5OS. The van der Waals surface area contributed by atoms with Crippen LogP contribution in [0.2, 0.25) is 0 Å². The van der Waals surface area contributed by atoms with Crippen molar-refractivity contribution in [2.45, 2.75) is 57.6 Å². The number of H-pyrrole nitrogens is 1. The van der Waals surface area contributed by atoms with Crippen LogP contribution in [0.5, 0.6) is 0 Å². The second-order valence-corrected chi connectivity index (χ2v) is 10.3. The van der Waals surface area contributed by atoms with E-state index in [1.54, 1.807) is 0 Å². The van der Waals surface area contributed by atoms with E-state index in [2.05, 4.69) is 56.0 Å². The normalized spacial score (nSPS) is 17.0. The Morgan fingerprint density at radius 3 is 2.54 bits per heavy atom. The largest absolute Gasteiger partial charge is 0.381 e. The maximum Gasteiger partial charge on any atom is 0.199 e. The van der Waals surface area contributed by atoms with Crippen LogP contribution in [0.4, 0.5) is 0 Å². The van der Waals surface area contributed by atoms with E-state index in [9.17, 15) is 0 Å². The summed E-state index contributed by atoms with van der Waals surface area (Å²) in [5, 5.41) is 12.3. The zero-order valence-electron chi connectivity index (χ0n) is 16.8. The molecule has 2 aromatic rings. The molecule has 1 aliphatic heterocycles. The maximum atomic E-state index is 5.46. The molecule has 1 N–H and O–H groups in total.